The Hall–Kier alpha value is -0.130. The summed E-state index contributed by atoms with van der Waals surface area (Å²) in [6.07, 6.45) is 2.55. The lowest BCUT2D eigenvalue weighted by molar-refractivity contribution is 0.0785. The van der Waals surface area contributed by atoms with E-state index in [1.807, 2.05) is 0 Å². The molecular weight excluding hydrogens is 303 g/mol. The number of piperazine rings is 1. The van der Waals surface area contributed by atoms with Crippen molar-refractivity contribution in [3.05, 3.63) is 20.3 Å². The number of halogens is 2. The highest BCUT2D eigenvalue weighted by atomic mass is 35.5. The average molecular weight is 319 g/mol. The summed E-state index contributed by atoms with van der Waals surface area (Å²) in [6, 6.07) is 2.32. The maximum absolute atomic E-state index is 12.2. The molecule has 3 heterocycles. The largest absolute Gasteiger partial charge is 0.298 e. The number of carbonyl (C=O) groups is 1. The molecule has 1 atom stereocenters. The lowest BCUT2D eigenvalue weighted by Crippen LogP contribution is -2.51. The second-order valence-corrected chi connectivity index (χ2v) is 7.51. The second-order valence-electron chi connectivity index (χ2n) is 5.23. The summed E-state index contributed by atoms with van der Waals surface area (Å²) in [6.45, 7) is 4.73. The van der Waals surface area contributed by atoms with Gasteiger partial charge < -0.3 is 0 Å². The summed E-state index contributed by atoms with van der Waals surface area (Å²) < 4.78 is 1.09. The lowest BCUT2D eigenvalue weighted by atomic mass is 10.1. The van der Waals surface area contributed by atoms with Crippen molar-refractivity contribution in [2.75, 3.05) is 32.7 Å². The van der Waals surface area contributed by atoms with E-state index in [0.29, 0.717) is 26.8 Å². The van der Waals surface area contributed by atoms with Crippen LogP contribution >= 0.6 is 34.5 Å². The Morgan fingerprint density at radius 2 is 2.21 bits per heavy atom. The molecule has 0 aliphatic carbocycles. The number of carbonyl (C=O) groups excluding carboxylic acids is 1. The third-order valence-electron chi connectivity index (χ3n) is 4.00. The van der Waals surface area contributed by atoms with Gasteiger partial charge in [0.15, 0.2) is 5.78 Å². The van der Waals surface area contributed by atoms with E-state index in [-0.39, 0.29) is 5.78 Å². The van der Waals surface area contributed by atoms with Gasteiger partial charge >= 0.3 is 0 Å². The Kier molecular flexibility index (Phi) is 4.15. The van der Waals surface area contributed by atoms with Crippen molar-refractivity contribution in [3.8, 4) is 0 Å². The third-order valence-corrected chi connectivity index (χ3v) is 5.48. The zero-order chi connectivity index (χ0) is 13.4. The topological polar surface area (TPSA) is 23.6 Å². The minimum Gasteiger partial charge on any atom is -0.298 e. The molecule has 2 aliphatic heterocycles. The van der Waals surface area contributed by atoms with Crippen LogP contribution in [-0.4, -0.2) is 54.3 Å². The fourth-order valence-corrected chi connectivity index (χ4v) is 4.52. The van der Waals surface area contributed by atoms with Crippen molar-refractivity contribution in [3.63, 3.8) is 0 Å². The summed E-state index contributed by atoms with van der Waals surface area (Å²) in [5, 5.41) is 0. The van der Waals surface area contributed by atoms with Crippen LogP contribution in [0, 0.1) is 0 Å². The van der Waals surface area contributed by atoms with Gasteiger partial charge in [-0.05, 0) is 25.5 Å². The van der Waals surface area contributed by atoms with Gasteiger partial charge in [-0.3, -0.25) is 14.6 Å². The van der Waals surface area contributed by atoms with Crippen molar-refractivity contribution >= 4 is 40.3 Å². The molecule has 0 bridgehead atoms. The van der Waals surface area contributed by atoms with Crippen LogP contribution in [0.25, 0.3) is 0 Å². The normalized spacial score (nSPS) is 24.6. The molecule has 2 fully saturated rings. The molecule has 1 unspecified atom stereocenters. The van der Waals surface area contributed by atoms with Crippen LogP contribution in [0.4, 0.5) is 0 Å². The first-order valence-electron chi connectivity index (χ1n) is 6.58. The molecule has 1 aromatic heterocycles. The van der Waals surface area contributed by atoms with Crippen molar-refractivity contribution < 1.29 is 4.79 Å². The van der Waals surface area contributed by atoms with Crippen LogP contribution in [0.3, 0.4) is 0 Å². The number of nitrogens with zero attached hydrogens (tertiary/aromatic N) is 2. The minimum absolute atomic E-state index is 0.0830. The van der Waals surface area contributed by atoms with E-state index < -0.39 is 0 Å². The van der Waals surface area contributed by atoms with Crippen molar-refractivity contribution in [2.45, 2.75) is 18.9 Å². The van der Waals surface area contributed by atoms with Crippen molar-refractivity contribution in [2.24, 2.45) is 0 Å². The smallest absolute Gasteiger partial charge is 0.179 e. The predicted octanol–water partition coefficient (Wildman–Crippen LogP) is 3.02. The Labute approximate surface area is 127 Å². The summed E-state index contributed by atoms with van der Waals surface area (Å²) >= 11 is 13.2. The van der Waals surface area contributed by atoms with Gasteiger partial charge in [-0.25, -0.2) is 0 Å². The lowest BCUT2D eigenvalue weighted by Gasteiger charge is -2.37. The van der Waals surface area contributed by atoms with E-state index in [4.69, 9.17) is 23.2 Å². The van der Waals surface area contributed by atoms with Gasteiger partial charge in [0.1, 0.15) is 4.34 Å². The molecule has 3 rings (SSSR count). The van der Waals surface area contributed by atoms with Gasteiger partial charge in [-0.2, -0.15) is 0 Å². The van der Waals surface area contributed by atoms with E-state index in [9.17, 15) is 4.79 Å². The Balaban J connectivity index is 1.62. The number of fused-ring (bicyclic) bond motifs is 1. The number of rotatable bonds is 3. The van der Waals surface area contributed by atoms with Crippen molar-refractivity contribution in [1.82, 2.24) is 9.80 Å². The molecule has 19 heavy (non-hydrogen) atoms. The van der Waals surface area contributed by atoms with Crippen LogP contribution in [0.5, 0.6) is 0 Å². The van der Waals surface area contributed by atoms with Crippen LogP contribution in [-0.2, 0) is 0 Å². The number of Topliss-reactive ketones (excluding diaryl/α,β-unsaturated/α-hetero) is 1. The molecule has 0 spiro atoms. The first-order chi connectivity index (χ1) is 9.13. The van der Waals surface area contributed by atoms with Gasteiger partial charge in [-0.15, -0.1) is 11.3 Å². The van der Waals surface area contributed by atoms with E-state index in [0.717, 1.165) is 19.6 Å². The summed E-state index contributed by atoms with van der Waals surface area (Å²) in [5.74, 6) is 0.0830. The monoisotopic (exact) mass is 318 g/mol. The molecule has 0 radical (unpaired) electrons. The molecule has 104 valence electrons. The molecule has 0 N–H and O–H groups in total. The molecule has 3 nitrogen and oxygen atoms in total. The molecule has 2 aliphatic rings. The van der Waals surface area contributed by atoms with Gasteiger partial charge in [0.25, 0.3) is 0 Å². The fourth-order valence-electron chi connectivity index (χ4n) is 3.02. The Morgan fingerprint density at radius 1 is 1.37 bits per heavy atom. The maximum atomic E-state index is 12.2. The van der Waals surface area contributed by atoms with Crippen LogP contribution in [0.15, 0.2) is 6.07 Å². The van der Waals surface area contributed by atoms with Crippen LogP contribution in [0.1, 0.15) is 23.2 Å². The van der Waals surface area contributed by atoms with Gasteiger partial charge in [-0.1, -0.05) is 23.2 Å². The molecule has 0 aromatic carbocycles. The Morgan fingerprint density at radius 3 is 2.95 bits per heavy atom. The average Bonchev–Trinajstić information content (AvgIpc) is 2.94. The minimum atomic E-state index is 0.0830. The first-order valence-corrected chi connectivity index (χ1v) is 8.15. The fraction of sp³-hybridized carbons (Fsp3) is 0.615. The molecule has 0 amide bonds. The summed E-state index contributed by atoms with van der Waals surface area (Å²) in [7, 11) is 0. The molecule has 1 aromatic rings. The summed E-state index contributed by atoms with van der Waals surface area (Å²) in [4.78, 5) is 17.0. The number of hydrogen-bond donors (Lipinski definition) is 0. The van der Waals surface area contributed by atoms with Crippen LogP contribution < -0.4 is 0 Å². The predicted molar refractivity (Wildman–Crippen MR) is 79.7 cm³/mol. The van der Waals surface area contributed by atoms with E-state index in [1.165, 1.54) is 30.7 Å². The standard InChI is InChI=1S/C13H16Cl2N2OS/c14-12-6-10(13(15)19-12)11(18)8-16-4-5-17-3-1-2-9(17)7-16/h6,9H,1-5,7-8H2. The Bertz CT molecular complexity index is 491. The highest BCUT2D eigenvalue weighted by molar-refractivity contribution is 7.20. The zero-order valence-corrected chi connectivity index (χ0v) is 12.9. The second kappa shape index (κ2) is 5.70. The van der Waals surface area contributed by atoms with E-state index in [2.05, 4.69) is 9.80 Å². The molecule has 2 saturated heterocycles. The van der Waals surface area contributed by atoms with E-state index in [1.54, 1.807) is 6.07 Å². The van der Waals surface area contributed by atoms with Gasteiger partial charge in [0.2, 0.25) is 0 Å². The number of ketones is 1. The highest BCUT2D eigenvalue weighted by Gasteiger charge is 2.31. The molecule has 6 heteroatoms. The number of hydrogen-bond acceptors (Lipinski definition) is 4. The number of thiophene rings is 1. The quantitative estimate of drug-likeness (QED) is 0.800. The maximum Gasteiger partial charge on any atom is 0.179 e. The summed E-state index contributed by atoms with van der Waals surface area (Å²) in [5.41, 5.74) is 0.575. The third kappa shape index (κ3) is 2.98. The SMILES string of the molecule is O=C(CN1CCN2CCCC2C1)c1cc(Cl)sc1Cl. The van der Waals surface area contributed by atoms with E-state index >= 15 is 0 Å². The van der Waals surface area contributed by atoms with Gasteiger partial charge in [0, 0.05) is 25.7 Å². The highest BCUT2D eigenvalue weighted by Crippen LogP contribution is 2.31. The first kappa shape index (κ1) is 13.8. The van der Waals surface area contributed by atoms with Crippen molar-refractivity contribution in [1.29, 1.82) is 0 Å². The van der Waals surface area contributed by atoms with Crippen LogP contribution in [0.2, 0.25) is 8.67 Å². The molecular formula is C13H16Cl2N2OS. The molecule has 0 saturated carbocycles. The zero-order valence-electron chi connectivity index (χ0n) is 10.6. The van der Waals surface area contributed by atoms with Gasteiger partial charge in [0.05, 0.1) is 16.4 Å².